The molecule has 2 N–H and O–H groups in total. The average molecular weight is 318 g/mol. The lowest BCUT2D eigenvalue weighted by atomic mass is 10.1. The fraction of sp³-hybridized carbons (Fsp3) is 0.444. The van der Waals surface area contributed by atoms with Crippen LogP contribution in [0.3, 0.4) is 0 Å². The van der Waals surface area contributed by atoms with Crippen molar-refractivity contribution in [2.75, 3.05) is 7.11 Å². The van der Waals surface area contributed by atoms with Crippen LogP contribution in [0.25, 0.3) is 6.08 Å². The second-order valence-electron chi connectivity index (χ2n) is 5.36. The second kappa shape index (κ2) is 9.66. The first-order valence-corrected chi connectivity index (χ1v) is 7.93. The lowest BCUT2D eigenvalue weighted by Crippen LogP contribution is -2.47. The monoisotopic (exact) mass is 318 g/mol. The number of hydrogen-bond donors (Lipinski definition) is 2. The van der Waals surface area contributed by atoms with Gasteiger partial charge in [-0.2, -0.15) is 0 Å². The largest absolute Gasteiger partial charge is 0.497 e. The summed E-state index contributed by atoms with van der Waals surface area (Å²) in [6, 6.07) is 6.94. The zero-order valence-electron chi connectivity index (χ0n) is 14.3. The number of ether oxygens (including phenoxy) is 1. The van der Waals surface area contributed by atoms with Gasteiger partial charge in [0.25, 0.3) is 0 Å². The predicted molar refractivity (Wildman–Crippen MR) is 92.1 cm³/mol. The number of nitrogens with one attached hydrogen (secondary N) is 2. The van der Waals surface area contributed by atoms with E-state index in [1.807, 2.05) is 38.1 Å². The molecule has 0 aliphatic heterocycles. The van der Waals surface area contributed by atoms with Gasteiger partial charge in [0, 0.05) is 12.1 Å². The Balaban J connectivity index is 2.51. The van der Waals surface area contributed by atoms with Gasteiger partial charge in [0.1, 0.15) is 11.8 Å². The van der Waals surface area contributed by atoms with E-state index in [9.17, 15) is 9.59 Å². The third kappa shape index (κ3) is 6.55. The summed E-state index contributed by atoms with van der Waals surface area (Å²) in [6.07, 6.45) is 4.86. The lowest BCUT2D eigenvalue weighted by Gasteiger charge is -2.18. The van der Waals surface area contributed by atoms with E-state index in [2.05, 4.69) is 10.6 Å². The van der Waals surface area contributed by atoms with Gasteiger partial charge in [0.05, 0.1) is 7.11 Å². The van der Waals surface area contributed by atoms with Crippen LogP contribution in [0.1, 0.15) is 39.2 Å². The summed E-state index contributed by atoms with van der Waals surface area (Å²) in [5.41, 5.74) is 0.884. The van der Waals surface area contributed by atoms with Crippen LogP contribution in [0, 0.1) is 0 Å². The van der Waals surface area contributed by atoms with E-state index in [-0.39, 0.29) is 17.9 Å². The molecule has 0 aromatic heterocycles. The topological polar surface area (TPSA) is 67.4 Å². The molecule has 126 valence electrons. The zero-order valence-corrected chi connectivity index (χ0v) is 14.3. The van der Waals surface area contributed by atoms with Crippen molar-refractivity contribution < 1.29 is 14.3 Å². The first-order chi connectivity index (χ1) is 11.0. The number of carbonyl (C=O) groups excluding carboxylic acids is 2. The number of carbonyl (C=O) groups is 2. The van der Waals surface area contributed by atoms with Crippen LogP contribution in [0.2, 0.25) is 0 Å². The predicted octanol–water partition coefficient (Wildman–Crippen LogP) is 2.52. The smallest absolute Gasteiger partial charge is 0.244 e. The van der Waals surface area contributed by atoms with Crippen LogP contribution in [-0.4, -0.2) is 31.0 Å². The molecule has 1 aromatic carbocycles. The summed E-state index contributed by atoms with van der Waals surface area (Å²) in [5.74, 6) is 0.302. The van der Waals surface area contributed by atoms with Crippen LogP contribution in [0.4, 0.5) is 0 Å². The highest BCUT2D eigenvalue weighted by molar-refractivity contribution is 5.95. The van der Waals surface area contributed by atoms with Gasteiger partial charge < -0.3 is 15.4 Å². The van der Waals surface area contributed by atoms with Crippen molar-refractivity contribution in [3.63, 3.8) is 0 Å². The maximum absolute atomic E-state index is 12.0. The quantitative estimate of drug-likeness (QED) is 0.724. The molecule has 0 fully saturated rings. The minimum Gasteiger partial charge on any atom is -0.497 e. The van der Waals surface area contributed by atoms with E-state index < -0.39 is 6.04 Å². The van der Waals surface area contributed by atoms with Gasteiger partial charge in [-0.3, -0.25) is 9.59 Å². The highest BCUT2D eigenvalue weighted by atomic mass is 16.5. The Bertz CT molecular complexity index is 534. The fourth-order valence-corrected chi connectivity index (χ4v) is 2.03. The molecule has 0 aliphatic carbocycles. The first kappa shape index (κ1) is 18.7. The van der Waals surface area contributed by atoms with Gasteiger partial charge in [-0.1, -0.05) is 26.0 Å². The third-order valence-corrected chi connectivity index (χ3v) is 3.63. The normalized spacial score (nSPS) is 12.2. The second-order valence-corrected chi connectivity index (χ2v) is 5.36. The molecule has 0 radical (unpaired) electrons. The lowest BCUT2D eigenvalue weighted by molar-refractivity contribution is -0.127. The van der Waals surface area contributed by atoms with Gasteiger partial charge in [0.15, 0.2) is 0 Å². The van der Waals surface area contributed by atoms with E-state index >= 15 is 0 Å². The summed E-state index contributed by atoms with van der Waals surface area (Å²) in [6.45, 7) is 5.72. The van der Waals surface area contributed by atoms with E-state index in [0.717, 1.165) is 24.2 Å². The van der Waals surface area contributed by atoms with Crippen molar-refractivity contribution >= 4 is 17.9 Å². The molecule has 2 amide bonds. The third-order valence-electron chi connectivity index (χ3n) is 3.63. The van der Waals surface area contributed by atoms with Gasteiger partial charge >= 0.3 is 0 Å². The van der Waals surface area contributed by atoms with Crippen molar-refractivity contribution in [3.8, 4) is 5.75 Å². The fourth-order valence-electron chi connectivity index (χ4n) is 2.03. The Labute approximate surface area is 138 Å². The Morgan fingerprint density at radius 3 is 2.26 bits per heavy atom. The van der Waals surface area contributed by atoms with Crippen molar-refractivity contribution in [3.05, 3.63) is 35.9 Å². The molecule has 1 rings (SSSR count). The molecule has 23 heavy (non-hydrogen) atoms. The highest BCUT2D eigenvalue weighted by Gasteiger charge is 2.16. The van der Waals surface area contributed by atoms with Gasteiger partial charge in [-0.05, 0) is 43.5 Å². The number of benzene rings is 1. The molecule has 0 bridgehead atoms. The molecule has 0 spiro atoms. The Morgan fingerprint density at radius 2 is 1.74 bits per heavy atom. The maximum Gasteiger partial charge on any atom is 0.244 e. The molecule has 5 heteroatoms. The zero-order chi connectivity index (χ0) is 17.2. The number of rotatable bonds is 8. The minimum absolute atomic E-state index is 0.150. The molecule has 1 unspecified atom stereocenters. The Hall–Kier alpha value is -2.30. The molecule has 1 aromatic rings. The molecule has 0 saturated carbocycles. The van der Waals surface area contributed by atoms with Crippen molar-refractivity contribution in [1.82, 2.24) is 10.6 Å². The summed E-state index contributed by atoms with van der Waals surface area (Å²) in [4.78, 5) is 23.9. The van der Waals surface area contributed by atoms with Gasteiger partial charge in [0.2, 0.25) is 11.8 Å². The summed E-state index contributed by atoms with van der Waals surface area (Å²) in [5, 5.41) is 5.58. The number of methoxy groups -OCH3 is 1. The maximum atomic E-state index is 12.0. The molecule has 0 heterocycles. The first-order valence-electron chi connectivity index (χ1n) is 7.93. The van der Waals surface area contributed by atoms with E-state index in [4.69, 9.17) is 4.74 Å². The molecule has 1 atom stereocenters. The Kier molecular flexibility index (Phi) is 7.88. The van der Waals surface area contributed by atoms with Crippen molar-refractivity contribution in [2.45, 2.75) is 45.7 Å². The molecule has 0 saturated heterocycles. The summed E-state index contributed by atoms with van der Waals surface area (Å²) in [7, 11) is 1.60. The Morgan fingerprint density at radius 1 is 1.13 bits per heavy atom. The van der Waals surface area contributed by atoms with Gasteiger partial charge in [-0.25, -0.2) is 0 Å². The molecular formula is C18H26N2O3. The van der Waals surface area contributed by atoms with Crippen molar-refractivity contribution in [1.29, 1.82) is 0 Å². The van der Waals surface area contributed by atoms with E-state index in [1.54, 1.807) is 20.1 Å². The molecule has 0 aliphatic rings. The van der Waals surface area contributed by atoms with Crippen LogP contribution < -0.4 is 15.4 Å². The standard InChI is InChI=1S/C18H26N2O3/c1-5-15(6-2)20-18(22)13(3)19-17(21)12-9-14-7-10-16(23-4)11-8-14/h7-13,15H,5-6H2,1-4H3,(H,19,21)(H,20,22)/b12-9+. The van der Waals surface area contributed by atoms with Crippen molar-refractivity contribution in [2.24, 2.45) is 0 Å². The number of amides is 2. The van der Waals surface area contributed by atoms with E-state index in [0.29, 0.717) is 0 Å². The summed E-state index contributed by atoms with van der Waals surface area (Å²) < 4.78 is 5.08. The van der Waals surface area contributed by atoms with Crippen LogP contribution in [-0.2, 0) is 9.59 Å². The van der Waals surface area contributed by atoms with Crippen LogP contribution in [0.15, 0.2) is 30.3 Å². The molecular weight excluding hydrogens is 292 g/mol. The SMILES string of the molecule is CCC(CC)NC(=O)C(C)NC(=O)/C=C/c1ccc(OC)cc1. The van der Waals surface area contributed by atoms with Crippen LogP contribution >= 0.6 is 0 Å². The van der Waals surface area contributed by atoms with Crippen LogP contribution in [0.5, 0.6) is 5.75 Å². The minimum atomic E-state index is -0.566. The average Bonchev–Trinajstić information content (AvgIpc) is 2.57. The van der Waals surface area contributed by atoms with E-state index in [1.165, 1.54) is 6.08 Å². The molecule has 5 nitrogen and oxygen atoms in total. The summed E-state index contributed by atoms with van der Waals surface area (Å²) >= 11 is 0. The van der Waals surface area contributed by atoms with Gasteiger partial charge in [-0.15, -0.1) is 0 Å². The highest BCUT2D eigenvalue weighted by Crippen LogP contribution is 2.12. The number of hydrogen-bond acceptors (Lipinski definition) is 3.